The first kappa shape index (κ1) is 12.8. The van der Waals surface area contributed by atoms with Crippen molar-refractivity contribution >= 4 is 5.69 Å². The molecule has 0 bridgehead atoms. The van der Waals surface area contributed by atoms with E-state index in [9.17, 15) is 5.11 Å². The van der Waals surface area contributed by atoms with Gasteiger partial charge in [-0.05, 0) is 36.4 Å². The third-order valence-electron chi connectivity index (χ3n) is 3.24. The van der Waals surface area contributed by atoms with Gasteiger partial charge in [0.05, 0.1) is 11.4 Å². The molecule has 0 radical (unpaired) electrons. The van der Waals surface area contributed by atoms with Crippen LogP contribution in [0, 0.1) is 12.3 Å². The van der Waals surface area contributed by atoms with Crippen molar-refractivity contribution in [3.8, 4) is 40.6 Å². The van der Waals surface area contributed by atoms with Gasteiger partial charge in [0.25, 0.3) is 0 Å². The van der Waals surface area contributed by atoms with Gasteiger partial charge in [0.15, 0.2) is 0 Å². The maximum Gasteiger partial charge on any atom is 0.126 e. The molecule has 0 unspecified atom stereocenters. The highest BCUT2D eigenvalue weighted by Crippen LogP contribution is 2.31. The lowest BCUT2D eigenvalue weighted by atomic mass is 10.1. The van der Waals surface area contributed by atoms with E-state index in [1.807, 2.05) is 30.3 Å². The topological polar surface area (TPSA) is 74.9 Å². The first-order valence-corrected chi connectivity index (χ1v) is 6.38. The molecule has 0 spiro atoms. The number of nitrogens with one attached hydrogen (secondary N) is 1. The Kier molecular flexibility index (Phi) is 3.09. The van der Waals surface area contributed by atoms with Crippen LogP contribution in [0.15, 0.2) is 48.5 Å². The molecule has 0 saturated carbocycles. The fourth-order valence-corrected chi connectivity index (χ4v) is 2.11. The Morgan fingerprint density at radius 2 is 1.86 bits per heavy atom. The summed E-state index contributed by atoms with van der Waals surface area (Å²) in [5.74, 6) is 2.61. The van der Waals surface area contributed by atoms with Crippen molar-refractivity contribution in [3.63, 3.8) is 0 Å². The molecule has 2 aromatic carbocycles. The van der Waals surface area contributed by atoms with Gasteiger partial charge in [-0.2, -0.15) is 5.10 Å². The van der Waals surface area contributed by atoms with Crippen LogP contribution in [0.3, 0.4) is 0 Å². The summed E-state index contributed by atoms with van der Waals surface area (Å²) in [4.78, 5) is 0. The Morgan fingerprint density at radius 1 is 1.10 bits per heavy atom. The van der Waals surface area contributed by atoms with E-state index in [-0.39, 0.29) is 5.75 Å². The summed E-state index contributed by atoms with van der Waals surface area (Å²) in [6, 6.07) is 14.4. The standard InChI is InChI=1S/C17H13N3O/c1-2-11-3-8-14(17(21)9-11)16-10-15(19-20-16)12-4-6-13(18)7-5-12/h1,3-10,21H,18H2,(H,19,20). The van der Waals surface area contributed by atoms with Crippen LogP contribution in [-0.4, -0.2) is 15.3 Å². The number of phenols is 1. The minimum absolute atomic E-state index is 0.123. The average molecular weight is 275 g/mol. The van der Waals surface area contributed by atoms with Gasteiger partial charge >= 0.3 is 0 Å². The number of anilines is 1. The van der Waals surface area contributed by atoms with Gasteiger partial charge < -0.3 is 10.8 Å². The summed E-state index contributed by atoms with van der Waals surface area (Å²) in [5.41, 5.74) is 10.1. The van der Waals surface area contributed by atoms with Crippen molar-refractivity contribution in [2.45, 2.75) is 0 Å². The van der Waals surface area contributed by atoms with Gasteiger partial charge in [-0.15, -0.1) is 6.42 Å². The molecule has 0 amide bonds. The second-order valence-electron chi connectivity index (χ2n) is 4.67. The summed E-state index contributed by atoms with van der Waals surface area (Å²) in [7, 11) is 0. The maximum atomic E-state index is 10.0. The highest BCUT2D eigenvalue weighted by atomic mass is 16.3. The van der Waals surface area contributed by atoms with Crippen molar-refractivity contribution in [1.29, 1.82) is 0 Å². The van der Waals surface area contributed by atoms with Crippen molar-refractivity contribution in [3.05, 3.63) is 54.1 Å². The van der Waals surface area contributed by atoms with E-state index in [0.717, 1.165) is 17.0 Å². The lowest BCUT2D eigenvalue weighted by Gasteiger charge is -2.02. The van der Waals surface area contributed by atoms with Crippen LogP contribution in [0.2, 0.25) is 0 Å². The largest absolute Gasteiger partial charge is 0.507 e. The number of hydrogen-bond donors (Lipinski definition) is 3. The number of nitrogen functional groups attached to an aromatic ring is 1. The molecule has 0 atom stereocenters. The molecular formula is C17H13N3O. The highest BCUT2D eigenvalue weighted by Gasteiger charge is 2.09. The third-order valence-corrected chi connectivity index (χ3v) is 3.24. The fraction of sp³-hybridized carbons (Fsp3) is 0. The quantitative estimate of drug-likeness (QED) is 0.497. The molecule has 21 heavy (non-hydrogen) atoms. The second-order valence-corrected chi connectivity index (χ2v) is 4.67. The van der Waals surface area contributed by atoms with Gasteiger partial charge in [0.1, 0.15) is 5.75 Å². The third kappa shape index (κ3) is 2.45. The van der Waals surface area contributed by atoms with Gasteiger partial charge in [0, 0.05) is 22.4 Å². The van der Waals surface area contributed by atoms with E-state index in [1.54, 1.807) is 18.2 Å². The minimum atomic E-state index is 0.123. The Morgan fingerprint density at radius 3 is 2.52 bits per heavy atom. The number of nitrogens with two attached hydrogens (primary N) is 1. The summed E-state index contributed by atoms with van der Waals surface area (Å²) < 4.78 is 0. The lowest BCUT2D eigenvalue weighted by molar-refractivity contribution is 0.477. The Labute approximate surface area is 122 Å². The smallest absolute Gasteiger partial charge is 0.126 e. The molecule has 4 heteroatoms. The van der Waals surface area contributed by atoms with Crippen LogP contribution >= 0.6 is 0 Å². The van der Waals surface area contributed by atoms with E-state index >= 15 is 0 Å². The molecule has 102 valence electrons. The molecule has 0 aliphatic rings. The van der Waals surface area contributed by atoms with Crippen molar-refractivity contribution in [1.82, 2.24) is 10.2 Å². The normalized spacial score (nSPS) is 10.2. The van der Waals surface area contributed by atoms with Crippen LogP contribution in [0.1, 0.15) is 5.56 Å². The van der Waals surface area contributed by atoms with E-state index in [1.165, 1.54) is 0 Å². The lowest BCUT2D eigenvalue weighted by Crippen LogP contribution is -1.83. The molecule has 3 rings (SSSR count). The number of terminal acetylenes is 1. The molecule has 0 saturated heterocycles. The zero-order valence-corrected chi connectivity index (χ0v) is 11.2. The van der Waals surface area contributed by atoms with Crippen molar-refractivity contribution in [2.24, 2.45) is 0 Å². The molecule has 4 N–H and O–H groups in total. The Hall–Kier alpha value is -3.19. The first-order valence-electron chi connectivity index (χ1n) is 6.38. The SMILES string of the molecule is C#Cc1ccc(-c2cc(-c3ccc(N)cc3)n[nH]2)c(O)c1. The fourth-order valence-electron chi connectivity index (χ4n) is 2.11. The van der Waals surface area contributed by atoms with Crippen LogP contribution < -0.4 is 5.73 Å². The molecule has 0 aliphatic carbocycles. The number of aromatic hydroxyl groups is 1. The summed E-state index contributed by atoms with van der Waals surface area (Å²) >= 11 is 0. The van der Waals surface area contributed by atoms with Gasteiger partial charge in [-0.25, -0.2) is 0 Å². The van der Waals surface area contributed by atoms with Gasteiger partial charge in [-0.3, -0.25) is 5.10 Å². The van der Waals surface area contributed by atoms with Crippen LogP contribution in [0.4, 0.5) is 5.69 Å². The molecule has 3 aromatic rings. The predicted octanol–water partition coefficient (Wildman–Crippen LogP) is 3.01. The molecule has 1 aromatic heterocycles. The van der Waals surface area contributed by atoms with E-state index in [2.05, 4.69) is 16.1 Å². The summed E-state index contributed by atoms with van der Waals surface area (Å²) in [5, 5.41) is 17.2. The van der Waals surface area contributed by atoms with Crippen LogP contribution in [-0.2, 0) is 0 Å². The Balaban J connectivity index is 1.99. The number of nitrogens with zero attached hydrogens (tertiary/aromatic N) is 1. The summed E-state index contributed by atoms with van der Waals surface area (Å²) in [6.07, 6.45) is 5.31. The van der Waals surface area contributed by atoms with Crippen molar-refractivity contribution in [2.75, 3.05) is 5.73 Å². The predicted molar refractivity (Wildman–Crippen MR) is 83.5 cm³/mol. The molecule has 1 heterocycles. The van der Waals surface area contributed by atoms with Crippen molar-refractivity contribution < 1.29 is 5.11 Å². The molecule has 0 fully saturated rings. The van der Waals surface area contributed by atoms with Crippen LogP contribution in [0.25, 0.3) is 22.5 Å². The zero-order chi connectivity index (χ0) is 14.8. The number of H-pyrrole nitrogens is 1. The van der Waals surface area contributed by atoms with Crippen LogP contribution in [0.5, 0.6) is 5.75 Å². The number of aromatic amines is 1. The molecule has 0 aliphatic heterocycles. The van der Waals surface area contributed by atoms with Gasteiger partial charge in [0.2, 0.25) is 0 Å². The number of phenolic OH excluding ortho intramolecular Hbond substituents is 1. The zero-order valence-electron chi connectivity index (χ0n) is 11.2. The molecular weight excluding hydrogens is 262 g/mol. The van der Waals surface area contributed by atoms with E-state index in [4.69, 9.17) is 12.2 Å². The number of aromatic nitrogens is 2. The van der Waals surface area contributed by atoms with Gasteiger partial charge in [-0.1, -0.05) is 18.1 Å². The first-order chi connectivity index (χ1) is 10.2. The summed E-state index contributed by atoms with van der Waals surface area (Å²) in [6.45, 7) is 0. The monoisotopic (exact) mass is 275 g/mol. The van der Waals surface area contributed by atoms with E-state index < -0.39 is 0 Å². The Bertz CT molecular complexity index is 826. The van der Waals surface area contributed by atoms with E-state index in [0.29, 0.717) is 16.8 Å². The average Bonchev–Trinajstić information content (AvgIpc) is 2.97. The number of rotatable bonds is 2. The second kappa shape index (κ2) is 5.06. The number of benzene rings is 2. The maximum absolute atomic E-state index is 10.0. The molecule has 4 nitrogen and oxygen atoms in total. The highest BCUT2D eigenvalue weighted by molar-refractivity contribution is 5.73. The minimum Gasteiger partial charge on any atom is -0.507 e. The number of hydrogen-bond acceptors (Lipinski definition) is 3.